The second-order valence-electron chi connectivity index (χ2n) is 5.61. The molecule has 0 aliphatic carbocycles. The zero-order valence-corrected chi connectivity index (χ0v) is 13.4. The van der Waals surface area contributed by atoms with Crippen molar-refractivity contribution in [3.63, 3.8) is 0 Å². The molecule has 0 spiro atoms. The minimum atomic E-state index is -0.0314. The van der Waals surface area contributed by atoms with Gasteiger partial charge in [0.1, 0.15) is 5.65 Å². The fourth-order valence-corrected chi connectivity index (χ4v) is 3.84. The summed E-state index contributed by atoms with van der Waals surface area (Å²) in [6.45, 7) is 1.39. The van der Waals surface area contributed by atoms with E-state index in [1.165, 1.54) is 11.3 Å². The SMILES string of the molecule is O=C(NCC1CCCO1)c1ccc(-c2ccnc3[nH]ccc23)s1.[HH].[HH]. The van der Waals surface area contributed by atoms with Crippen molar-refractivity contribution in [2.75, 3.05) is 13.2 Å². The highest BCUT2D eigenvalue weighted by Crippen LogP contribution is 2.32. The van der Waals surface area contributed by atoms with Gasteiger partial charge in [-0.25, -0.2) is 4.98 Å². The standard InChI is InChI=1S/C17H17N3O2S.2H2/c21-17(20-10-11-2-1-9-22-11)15-4-3-14(23-15)12-5-7-18-16-13(12)6-8-19-16;;/h3-8,11H,1-2,9-10H2,(H,18,19)(H,20,21);2*1H. The topological polar surface area (TPSA) is 67.0 Å². The summed E-state index contributed by atoms with van der Waals surface area (Å²) in [4.78, 5) is 21.5. The van der Waals surface area contributed by atoms with E-state index in [1.54, 1.807) is 6.20 Å². The van der Waals surface area contributed by atoms with Gasteiger partial charge in [-0.2, -0.15) is 0 Å². The fraction of sp³-hybridized carbons (Fsp3) is 0.294. The highest BCUT2D eigenvalue weighted by atomic mass is 32.1. The Bertz CT molecular complexity index is 843. The van der Waals surface area contributed by atoms with Gasteiger partial charge in [0.15, 0.2) is 0 Å². The Morgan fingerprint density at radius 2 is 2.39 bits per heavy atom. The molecule has 2 N–H and O–H groups in total. The molecule has 4 rings (SSSR count). The number of carbonyl (C=O) groups excluding carboxylic acids is 1. The van der Waals surface area contributed by atoms with Crippen molar-refractivity contribution >= 4 is 28.3 Å². The zero-order valence-electron chi connectivity index (χ0n) is 12.5. The van der Waals surface area contributed by atoms with E-state index in [1.807, 2.05) is 30.5 Å². The van der Waals surface area contributed by atoms with Crippen molar-refractivity contribution in [2.24, 2.45) is 0 Å². The molecule has 122 valence electrons. The first-order chi connectivity index (χ1) is 11.3. The summed E-state index contributed by atoms with van der Waals surface area (Å²) in [5, 5.41) is 4.04. The van der Waals surface area contributed by atoms with Crippen LogP contribution >= 0.6 is 11.3 Å². The van der Waals surface area contributed by atoms with Gasteiger partial charge in [-0.15, -0.1) is 11.3 Å². The maximum absolute atomic E-state index is 12.3. The first-order valence-electron chi connectivity index (χ1n) is 7.73. The van der Waals surface area contributed by atoms with E-state index in [9.17, 15) is 4.79 Å². The average Bonchev–Trinajstić information content (AvgIpc) is 3.32. The van der Waals surface area contributed by atoms with Gasteiger partial charge in [0.05, 0.1) is 11.0 Å². The van der Waals surface area contributed by atoms with Crippen molar-refractivity contribution in [3.8, 4) is 10.4 Å². The molecule has 3 aromatic rings. The summed E-state index contributed by atoms with van der Waals surface area (Å²) >= 11 is 1.50. The lowest BCUT2D eigenvalue weighted by Gasteiger charge is -2.09. The van der Waals surface area contributed by atoms with E-state index in [0.29, 0.717) is 6.54 Å². The average molecular weight is 331 g/mol. The van der Waals surface area contributed by atoms with Crippen molar-refractivity contribution in [3.05, 3.63) is 41.5 Å². The Balaban J connectivity index is 0.00000113. The summed E-state index contributed by atoms with van der Waals surface area (Å²) in [5.41, 5.74) is 1.96. The van der Waals surface area contributed by atoms with Crippen LogP contribution in [0.5, 0.6) is 0 Å². The van der Waals surface area contributed by atoms with Gasteiger partial charge in [-0.3, -0.25) is 4.79 Å². The summed E-state index contributed by atoms with van der Waals surface area (Å²) in [6, 6.07) is 7.86. The summed E-state index contributed by atoms with van der Waals surface area (Å²) < 4.78 is 5.53. The van der Waals surface area contributed by atoms with Crippen LogP contribution in [-0.2, 0) is 4.74 Å². The fourth-order valence-electron chi connectivity index (χ4n) is 2.88. The number of amides is 1. The second-order valence-corrected chi connectivity index (χ2v) is 6.69. The van der Waals surface area contributed by atoms with Crippen LogP contribution < -0.4 is 5.32 Å². The molecule has 1 amide bonds. The molecule has 23 heavy (non-hydrogen) atoms. The van der Waals surface area contributed by atoms with Crippen molar-refractivity contribution in [1.29, 1.82) is 0 Å². The number of nitrogens with zero attached hydrogens (tertiary/aromatic N) is 1. The zero-order chi connectivity index (χ0) is 15.6. The molecule has 1 aliphatic rings. The Morgan fingerprint density at radius 1 is 1.43 bits per heavy atom. The largest absolute Gasteiger partial charge is 0.376 e. The molecule has 0 aromatic carbocycles. The number of fused-ring (bicyclic) bond motifs is 1. The molecule has 0 saturated carbocycles. The van der Waals surface area contributed by atoms with E-state index in [4.69, 9.17) is 4.74 Å². The van der Waals surface area contributed by atoms with Gasteiger partial charge in [0.25, 0.3) is 5.91 Å². The number of H-pyrrole nitrogens is 1. The molecule has 1 fully saturated rings. The van der Waals surface area contributed by atoms with Crippen LogP contribution in [0.4, 0.5) is 0 Å². The highest BCUT2D eigenvalue weighted by Gasteiger charge is 2.18. The van der Waals surface area contributed by atoms with Crippen LogP contribution in [0.25, 0.3) is 21.5 Å². The first kappa shape index (κ1) is 14.4. The molecular weight excluding hydrogens is 310 g/mol. The quantitative estimate of drug-likeness (QED) is 0.766. The Kier molecular flexibility index (Phi) is 3.85. The minimum Gasteiger partial charge on any atom is -0.376 e. The van der Waals surface area contributed by atoms with Crippen LogP contribution in [0.2, 0.25) is 0 Å². The van der Waals surface area contributed by atoms with E-state index >= 15 is 0 Å². The van der Waals surface area contributed by atoms with Gasteiger partial charge in [-0.05, 0) is 37.1 Å². The summed E-state index contributed by atoms with van der Waals surface area (Å²) in [5.74, 6) is -0.0314. The predicted octanol–water partition coefficient (Wildman–Crippen LogP) is 3.69. The number of hydrogen-bond acceptors (Lipinski definition) is 4. The Morgan fingerprint density at radius 3 is 3.26 bits per heavy atom. The molecule has 1 saturated heterocycles. The molecule has 1 aliphatic heterocycles. The van der Waals surface area contributed by atoms with Crippen molar-refractivity contribution in [1.82, 2.24) is 15.3 Å². The maximum atomic E-state index is 12.3. The number of pyridine rings is 1. The maximum Gasteiger partial charge on any atom is 0.261 e. The second kappa shape index (κ2) is 6.14. The lowest BCUT2D eigenvalue weighted by Crippen LogP contribution is -2.31. The number of aromatic amines is 1. The lowest BCUT2D eigenvalue weighted by atomic mass is 10.1. The number of nitrogens with one attached hydrogen (secondary N) is 2. The van der Waals surface area contributed by atoms with E-state index in [2.05, 4.69) is 15.3 Å². The normalized spacial score (nSPS) is 17.7. The molecule has 6 heteroatoms. The third-order valence-corrected chi connectivity index (χ3v) is 5.19. The molecule has 3 aromatic heterocycles. The third-order valence-electron chi connectivity index (χ3n) is 4.07. The van der Waals surface area contributed by atoms with Crippen LogP contribution in [0.15, 0.2) is 36.7 Å². The van der Waals surface area contributed by atoms with Crippen LogP contribution in [-0.4, -0.2) is 35.1 Å². The number of ether oxygens (including phenoxy) is 1. The molecule has 1 unspecified atom stereocenters. The molecule has 5 nitrogen and oxygen atoms in total. The lowest BCUT2D eigenvalue weighted by molar-refractivity contribution is 0.0861. The van der Waals surface area contributed by atoms with Gasteiger partial charge in [-0.1, -0.05) is 0 Å². The van der Waals surface area contributed by atoms with Crippen molar-refractivity contribution < 1.29 is 12.4 Å². The van der Waals surface area contributed by atoms with Crippen molar-refractivity contribution in [2.45, 2.75) is 18.9 Å². The van der Waals surface area contributed by atoms with Crippen LogP contribution in [0.1, 0.15) is 25.4 Å². The van der Waals surface area contributed by atoms with Crippen LogP contribution in [0, 0.1) is 0 Å². The van der Waals surface area contributed by atoms with Gasteiger partial charge < -0.3 is 15.0 Å². The van der Waals surface area contributed by atoms with Gasteiger partial charge in [0, 0.05) is 44.2 Å². The summed E-state index contributed by atoms with van der Waals surface area (Å²) in [6.07, 6.45) is 5.93. The third kappa shape index (κ3) is 2.87. The number of hydrogen-bond donors (Lipinski definition) is 2. The Labute approximate surface area is 140 Å². The first-order valence-corrected chi connectivity index (χ1v) is 8.55. The number of rotatable bonds is 4. The summed E-state index contributed by atoms with van der Waals surface area (Å²) in [7, 11) is 0. The highest BCUT2D eigenvalue weighted by molar-refractivity contribution is 7.17. The number of aromatic nitrogens is 2. The molecule has 0 bridgehead atoms. The predicted molar refractivity (Wildman–Crippen MR) is 94.9 cm³/mol. The van der Waals surface area contributed by atoms with E-state index in [-0.39, 0.29) is 14.9 Å². The number of carbonyl (C=O) groups is 1. The Hall–Kier alpha value is -2.18. The monoisotopic (exact) mass is 331 g/mol. The molecule has 0 radical (unpaired) electrons. The smallest absolute Gasteiger partial charge is 0.261 e. The molecule has 4 heterocycles. The van der Waals surface area contributed by atoms with Gasteiger partial charge in [0.2, 0.25) is 0 Å². The van der Waals surface area contributed by atoms with E-state index in [0.717, 1.165) is 45.8 Å². The molecule has 1 atom stereocenters. The van der Waals surface area contributed by atoms with E-state index < -0.39 is 0 Å². The molecular formula is C17H21N3O2S. The van der Waals surface area contributed by atoms with Crippen LogP contribution in [0.3, 0.4) is 0 Å². The van der Waals surface area contributed by atoms with Gasteiger partial charge >= 0.3 is 0 Å². The minimum absolute atomic E-state index is 0. The number of thiophene rings is 1.